The molecular weight excluding hydrogens is 511 g/mol. The van der Waals surface area contributed by atoms with E-state index in [0.29, 0.717) is 38.3 Å². The zero-order valence-electron chi connectivity index (χ0n) is 20.0. The van der Waals surface area contributed by atoms with Crippen LogP contribution in [0.2, 0.25) is 10.0 Å². The molecule has 0 atom stereocenters. The Labute approximate surface area is 223 Å². The smallest absolute Gasteiger partial charge is 0.146 e. The van der Waals surface area contributed by atoms with E-state index in [1.165, 1.54) is 6.07 Å². The highest BCUT2D eigenvalue weighted by Crippen LogP contribution is 2.39. The Hall–Kier alpha value is -3.87. The fraction of sp³-hybridized carbons (Fsp3) is 0.138. The fourth-order valence-electron chi connectivity index (χ4n) is 4.15. The first-order chi connectivity index (χ1) is 17.8. The highest BCUT2D eigenvalue weighted by atomic mass is 35.5. The maximum absolute atomic E-state index is 11.1. The summed E-state index contributed by atoms with van der Waals surface area (Å²) in [6.07, 6.45) is 0. The maximum Gasteiger partial charge on any atom is 0.146 e. The first kappa shape index (κ1) is 24.8. The first-order valence-electron chi connectivity index (χ1n) is 11.6. The predicted octanol–water partition coefficient (Wildman–Crippen LogP) is 6.93. The number of carbonyl (C=O) groups is 1. The summed E-state index contributed by atoms with van der Waals surface area (Å²) in [5.74, 6) is 0.190. The molecule has 6 nitrogen and oxygen atoms in total. The van der Waals surface area contributed by atoms with Gasteiger partial charge >= 0.3 is 0 Å². The fourth-order valence-corrected chi connectivity index (χ4v) is 4.73. The van der Waals surface area contributed by atoms with Gasteiger partial charge in [-0.3, -0.25) is 0 Å². The summed E-state index contributed by atoms with van der Waals surface area (Å²) in [4.78, 5) is 15.2. The molecule has 5 rings (SSSR count). The number of carbonyl (C=O) groups excluding carboxylic acids is 1. The van der Waals surface area contributed by atoms with Crippen LogP contribution in [0.4, 0.5) is 0 Å². The van der Waals surface area contributed by atoms with Crippen LogP contribution in [0.5, 0.6) is 5.75 Å². The highest BCUT2D eigenvalue weighted by Gasteiger charge is 2.23. The molecule has 186 valence electrons. The summed E-state index contributed by atoms with van der Waals surface area (Å²) in [7, 11) is 0. The molecule has 0 amide bonds. The van der Waals surface area contributed by atoms with Gasteiger partial charge in [0.2, 0.25) is 0 Å². The first-order valence-corrected chi connectivity index (χ1v) is 12.4. The van der Waals surface area contributed by atoms with E-state index >= 15 is 0 Å². The van der Waals surface area contributed by atoms with Gasteiger partial charge in [0.05, 0.1) is 32.8 Å². The molecule has 8 heteroatoms. The quantitative estimate of drug-likeness (QED) is 0.226. The third kappa shape index (κ3) is 5.03. The Balaban J connectivity index is 1.38. The van der Waals surface area contributed by atoms with E-state index in [2.05, 4.69) is 10.1 Å². The van der Waals surface area contributed by atoms with Crippen molar-refractivity contribution in [3.05, 3.63) is 99.9 Å². The van der Waals surface area contributed by atoms with Crippen molar-refractivity contribution in [1.82, 2.24) is 10.1 Å². The topological polar surface area (TPSA) is 88.3 Å². The number of carboxylic acids is 1. The molecule has 2 heterocycles. The van der Waals surface area contributed by atoms with Gasteiger partial charge in [-0.25, -0.2) is 4.98 Å². The lowest BCUT2D eigenvalue weighted by atomic mass is 10.0. The standard InChI is InChI=1S/C29H22Cl2N2O4/c1-16(2)28-21(27(33-37-28)26-22(30)4-3-5-23(26)31)15-36-20-10-6-17(7-11-20)18-8-12-24-19(14-18)9-13-25(32-24)29(34)35/h3-14,16H,15H2,1-2H3,(H,34,35)/p-1. The SMILES string of the molecule is CC(C)c1onc(-c2c(Cl)cccc2Cl)c1COc1ccc(-c2ccc3nc(C(=O)[O-])ccc3c2)cc1. The van der Waals surface area contributed by atoms with Gasteiger partial charge in [-0.2, -0.15) is 0 Å². The van der Waals surface area contributed by atoms with Gasteiger partial charge in [-0.15, -0.1) is 0 Å². The number of nitrogens with zero attached hydrogens (tertiary/aromatic N) is 2. The summed E-state index contributed by atoms with van der Waals surface area (Å²) >= 11 is 12.9. The van der Waals surface area contributed by atoms with Gasteiger partial charge in [0.1, 0.15) is 23.8 Å². The van der Waals surface area contributed by atoms with E-state index in [-0.39, 0.29) is 18.2 Å². The molecule has 2 aromatic heterocycles. The highest BCUT2D eigenvalue weighted by molar-refractivity contribution is 6.39. The molecule has 0 spiro atoms. The molecule has 0 aliphatic carbocycles. The van der Waals surface area contributed by atoms with Crippen molar-refractivity contribution in [3.63, 3.8) is 0 Å². The van der Waals surface area contributed by atoms with E-state index < -0.39 is 5.97 Å². The van der Waals surface area contributed by atoms with Crippen molar-refractivity contribution < 1.29 is 19.2 Å². The molecule has 0 aliphatic rings. The number of benzene rings is 3. The van der Waals surface area contributed by atoms with Crippen LogP contribution >= 0.6 is 23.2 Å². The number of aromatic carboxylic acids is 1. The van der Waals surface area contributed by atoms with Crippen LogP contribution < -0.4 is 9.84 Å². The zero-order chi connectivity index (χ0) is 26.1. The van der Waals surface area contributed by atoms with E-state index in [9.17, 15) is 9.90 Å². The summed E-state index contributed by atoms with van der Waals surface area (Å²) in [5.41, 5.74) is 4.45. The van der Waals surface area contributed by atoms with Crippen molar-refractivity contribution in [1.29, 1.82) is 0 Å². The Morgan fingerprint density at radius 3 is 2.35 bits per heavy atom. The lowest BCUT2D eigenvalue weighted by Gasteiger charge is -2.11. The normalized spacial score (nSPS) is 11.3. The van der Waals surface area contributed by atoms with Crippen LogP contribution in [-0.4, -0.2) is 16.1 Å². The second kappa shape index (κ2) is 10.2. The van der Waals surface area contributed by atoms with Gasteiger partial charge in [-0.1, -0.05) is 72.5 Å². The van der Waals surface area contributed by atoms with Crippen LogP contribution in [0.25, 0.3) is 33.3 Å². The second-order valence-electron chi connectivity index (χ2n) is 8.83. The number of pyridine rings is 1. The predicted molar refractivity (Wildman–Crippen MR) is 142 cm³/mol. The largest absolute Gasteiger partial charge is 0.543 e. The van der Waals surface area contributed by atoms with Gasteiger partial charge in [0.25, 0.3) is 0 Å². The van der Waals surface area contributed by atoms with Crippen molar-refractivity contribution in [3.8, 4) is 28.1 Å². The number of halogens is 2. The minimum Gasteiger partial charge on any atom is -0.543 e. The lowest BCUT2D eigenvalue weighted by Crippen LogP contribution is -2.23. The Morgan fingerprint density at radius 2 is 1.68 bits per heavy atom. The van der Waals surface area contributed by atoms with Crippen LogP contribution in [0, 0.1) is 0 Å². The monoisotopic (exact) mass is 531 g/mol. The minimum atomic E-state index is -1.30. The Bertz CT molecular complexity index is 1590. The molecule has 0 aliphatic heterocycles. The number of hydrogen-bond acceptors (Lipinski definition) is 6. The van der Waals surface area contributed by atoms with Crippen molar-refractivity contribution in [2.24, 2.45) is 0 Å². The van der Waals surface area contributed by atoms with E-state index in [0.717, 1.165) is 22.1 Å². The van der Waals surface area contributed by atoms with Crippen LogP contribution in [0.3, 0.4) is 0 Å². The summed E-state index contributed by atoms with van der Waals surface area (Å²) in [6.45, 7) is 4.28. The number of ether oxygens (including phenoxy) is 1. The van der Waals surface area contributed by atoms with Gasteiger partial charge in [-0.05, 0) is 53.6 Å². The van der Waals surface area contributed by atoms with Crippen LogP contribution in [-0.2, 0) is 6.61 Å². The third-order valence-corrected chi connectivity index (χ3v) is 6.64. The van der Waals surface area contributed by atoms with Crippen molar-refractivity contribution in [2.75, 3.05) is 0 Å². The molecule has 0 unspecified atom stereocenters. The number of carboxylic acid groups (broad SMARTS) is 1. The van der Waals surface area contributed by atoms with E-state index in [4.69, 9.17) is 32.5 Å². The molecule has 0 saturated heterocycles. The van der Waals surface area contributed by atoms with Crippen molar-refractivity contribution >= 4 is 40.1 Å². The molecular formula is C29H21Cl2N2O4-. The van der Waals surface area contributed by atoms with Crippen LogP contribution in [0.15, 0.2) is 77.3 Å². The van der Waals surface area contributed by atoms with Crippen molar-refractivity contribution in [2.45, 2.75) is 26.4 Å². The van der Waals surface area contributed by atoms with Crippen LogP contribution in [0.1, 0.15) is 41.6 Å². The Kier molecular flexibility index (Phi) is 6.87. The zero-order valence-corrected chi connectivity index (χ0v) is 21.5. The molecule has 0 saturated carbocycles. The summed E-state index contributed by atoms with van der Waals surface area (Å²) in [5, 5.41) is 17.1. The molecule has 3 aromatic carbocycles. The second-order valence-corrected chi connectivity index (χ2v) is 9.64. The van der Waals surface area contributed by atoms with Gasteiger partial charge in [0.15, 0.2) is 0 Å². The number of rotatable bonds is 7. The number of aromatic nitrogens is 2. The Morgan fingerprint density at radius 1 is 0.973 bits per heavy atom. The lowest BCUT2D eigenvalue weighted by molar-refractivity contribution is -0.255. The molecule has 37 heavy (non-hydrogen) atoms. The minimum absolute atomic E-state index is 0.0878. The molecule has 0 N–H and O–H groups in total. The van der Waals surface area contributed by atoms with Gasteiger partial charge in [0, 0.05) is 16.9 Å². The molecule has 0 bridgehead atoms. The molecule has 0 fully saturated rings. The average Bonchev–Trinajstić information content (AvgIpc) is 3.31. The third-order valence-electron chi connectivity index (χ3n) is 6.01. The average molecular weight is 532 g/mol. The number of hydrogen-bond donors (Lipinski definition) is 0. The molecule has 5 aromatic rings. The number of fused-ring (bicyclic) bond motifs is 1. The summed E-state index contributed by atoms with van der Waals surface area (Å²) < 4.78 is 11.8. The molecule has 0 radical (unpaired) electrons. The van der Waals surface area contributed by atoms with Gasteiger partial charge < -0.3 is 19.2 Å². The maximum atomic E-state index is 11.1. The van der Waals surface area contributed by atoms with E-state index in [1.807, 2.05) is 50.2 Å². The van der Waals surface area contributed by atoms with E-state index in [1.54, 1.807) is 30.3 Å². The summed E-state index contributed by atoms with van der Waals surface area (Å²) in [6, 6.07) is 21.8.